The van der Waals surface area contributed by atoms with E-state index in [9.17, 15) is 0 Å². The summed E-state index contributed by atoms with van der Waals surface area (Å²) >= 11 is 0. The lowest BCUT2D eigenvalue weighted by molar-refractivity contribution is 0.286. The number of hydrogen-bond donors (Lipinski definition) is 0. The zero-order valence-electron chi connectivity index (χ0n) is 14.4. The average molecular weight is 304 g/mol. The van der Waals surface area contributed by atoms with Crippen LogP contribution in [0, 0.1) is 5.92 Å². The molecule has 1 aliphatic rings. The molecule has 0 unspecified atom stereocenters. The first kappa shape index (κ1) is 17.2. The molecule has 1 heterocycles. The van der Waals surface area contributed by atoms with Crippen LogP contribution in [0.15, 0.2) is 12.1 Å². The number of unbranched alkanes of at least 4 members (excludes halogenated alkanes) is 3. The summed E-state index contributed by atoms with van der Waals surface area (Å²) < 4.78 is 5.64. The lowest BCUT2D eigenvalue weighted by Gasteiger charge is -2.27. The van der Waals surface area contributed by atoms with Gasteiger partial charge in [-0.05, 0) is 44.1 Å². The lowest BCUT2D eigenvalue weighted by Crippen LogP contribution is -2.14. The second kappa shape index (κ2) is 9.81. The van der Waals surface area contributed by atoms with Crippen LogP contribution in [0.1, 0.15) is 89.7 Å². The highest BCUT2D eigenvalue weighted by molar-refractivity contribution is 5.15. The third-order valence-electron chi connectivity index (χ3n) is 4.89. The highest BCUT2D eigenvalue weighted by Gasteiger charge is 2.23. The van der Waals surface area contributed by atoms with Gasteiger partial charge in [0.05, 0.1) is 12.3 Å². The Morgan fingerprint density at radius 2 is 1.73 bits per heavy atom. The molecule has 3 nitrogen and oxygen atoms in total. The lowest BCUT2D eigenvalue weighted by atomic mass is 9.78. The van der Waals surface area contributed by atoms with Gasteiger partial charge < -0.3 is 4.74 Å². The van der Waals surface area contributed by atoms with Gasteiger partial charge in [0.1, 0.15) is 0 Å². The van der Waals surface area contributed by atoms with Crippen LogP contribution in [0.4, 0.5) is 0 Å². The van der Waals surface area contributed by atoms with Crippen LogP contribution in [-0.2, 0) is 0 Å². The van der Waals surface area contributed by atoms with Crippen LogP contribution in [0.3, 0.4) is 0 Å². The second-order valence-corrected chi connectivity index (χ2v) is 6.71. The quantitative estimate of drug-likeness (QED) is 0.564. The molecule has 0 aromatic carbocycles. The predicted molar refractivity (Wildman–Crippen MR) is 91.3 cm³/mol. The van der Waals surface area contributed by atoms with Crippen molar-refractivity contribution in [3.05, 3.63) is 17.8 Å². The van der Waals surface area contributed by atoms with Crippen molar-refractivity contribution >= 4 is 0 Å². The van der Waals surface area contributed by atoms with E-state index in [2.05, 4.69) is 30.1 Å². The SMILES string of the molecule is CCCCCOc1ccc(C2CCC(CCCC)CC2)nn1. The topological polar surface area (TPSA) is 35.0 Å². The van der Waals surface area contributed by atoms with Crippen LogP contribution in [-0.4, -0.2) is 16.8 Å². The van der Waals surface area contributed by atoms with Gasteiger partial charge in [0.25, 0.3) is 0 Å². The van der Waals surface area contributed by atoms with Gasteiger partial charge in [0.15, 0.2) is 0 Å². The van der Waals surface area contributed by atoms with Gasteiger partial charge in [-0.2, -0.15) is 5.10 Å². The van der Waals surface area contributed by atoms with E-state index in [-0.39, 0.29) is 0 Å². The standard InChI is InChI=1S/C19H32N2O/c1-3-5-7-15-22-19-14-13-18(20-21-19)17-11-9-16(10-12-17)8-6-4-2/h13-14,16-17H,3-12,15H2,1-2H3. The van der Waals surface area contributed by atoms with Gasteiger partial charge in [0, 0.05) is 12.0 Å². The normalized spacial score (nSPS) is 21.7. The summed E-state index contributed by atoms with van der Waals surface area (Å²) in [5, 5.41) is 8.66. The van der Waals surface area contributed by atoms with E-state index >= 15 is 0 Å². The van der Waals surface area contributed by atoms with Gasteiger partial charge in [0.2, 0.25) is 5.88 Å². The summed E-state index contributed by atoms with van der Waals surface area (Å²) in [6.45, 7) is 5.24. The fourth-order valence-electron chi connectivity index (χ4n) is 3.39. The molecule has 0 saturated heterocycles. The molecule has 0 bridgehead atoms. The fraction of sp³-hybridized carbons (Fsp3) is 0.789. The Balaban J connectivity index is 1.74. The third kappa shape index (κ3) is 5.58. The zero-order valence-corrected chi connectivity index (χ0v) is 14.4. The average Bonchev–Trinajstić information content (AvgIpc) is 2.58. The van der Waals surface area contributed by atoms with Crippen molar-refractivity contribution in [3.63, 3.8) is 0 Å². The van der Waals surface area contributed by atoms with Crippen LogP contribution in [0.5, 0.6) is 5.88 Å². The van der Waals surface area contributed by atoms with Gasteiger partial charge >= 0.3 is 0 Å². The number of ether oxygens (including phenoxy) is 1. The summed E-state index contributed by atoms with van der Waals surface area (Å²) in [5.41, 5.74) is 1.16. The largest absolute Gasteiger partial charge is 0.477 e. The van der Waals surface area contributed by atoms with Crippen LogP contribution in [0.25, 0.3) is 0 Å². The first-order valence-corrected chi connectivity index (χ1v) is 9.29. The number of nitrogens with zero attached hydrogens (tertiary/aromatic N) is 2. The minimum Gasteiger partial charge on any atom is -0.477 e. The maximum atomic E-state index is 5.64. The van der Waals surface area contributed by atoms with E-state index in [1.165, 1.54) is 57.8 Å². The van der Waals surface area contributed by atoms with Gasteiger partial charge in [-0.1, -0.05) is 46.0 Å². The molecule has 124 valence electrons. The maximum absolute atomic E-state index is 5.64. The van der Waals surface area contributed by atoms with Crippen molar-refractivity contribution in [2.75, 3.05) is 6.61 Å². The molecule has 1 aliphatic carbocycles. The van der Waals surface area contributed by atoms with Crippen molar-refractivity contribution < 1.29 is 4.74 Å². The van der Waals surface area contributed by atoms with Crippen LogP contribution in [0.2, 0.25) is 0 Å². The van der Waals surface area contributed by atoms with E-state index in [0.29, 0.717) is 11.8 Å². The monoisotopic (exact) mass is 304 g/mol. The molecule has 2 rings (SSSR count). The Bertz CT molecular complexity index is 396. The molecule has 1 saturated carbocycles. The molecule has 0 N–H and O–H groups in total. The summed E-state index contributed by atoms with van der Waals surface area (Å²) in [7, 11) is 0. The molecular weight excluding hydrogens is 272 g/mol. The van der Waals surface area contributed by atoms with E-state index in [1.807, 2.05) is 6.07 Å². The molecule has 3 heteroatoms. The van der Waals surface area contributed by atoms with Crippen molar-refractivity contribution in [1.82, 2.24) is 10.2 Å². The van der Waals surface area contributed by atoms with E-state index in [4.69, 9.17) is 4.74 Å². The Labute approximate surface area is 135 Å². The summed E-state index contributed by atoms with van der Waals surface area (Å²) in [6.07, 6.45) is 12.9. The Morgan fingerprint density at radius 3 is 2.36 bits per heavy atom. The minimum absolute atomic E-state index is 0.611. The Kier molecular flexibility index (Phi) is 7.68. The second-order valence-electron chi connectivity index (χ2n) is 6.71. The molecule has 0 radical (unpaired) electrons. The molecular formula is C19H32N2O. The number of aromatic nitrogens is 2. The highest BCUT2D eigenvalue weighted by atomic mass is 16.5. The van der Waals surface area contributed by atoms with Gasteiger partial charge in [-0.15, -0.1) is 5.10 Å². The maximum Gasteiger partial charge on any atom is 0.233 e. The molecule has 1 fully saturated rings. The van der Waals surface area contributed by atoms with E-state index < -0.39 is 0 Å². The first-order valence-electron chi connectivity index (χ1n) is 9.29. The van der Waals surface area contributed by atoms with Crippen LogP contribution >= 0.6 is 0 Å². The van der Waals surface area contributed by atoms with Crippen molar-refractivity contribution in [1.29, 1.82) is 0 Å². The summed E-state index contributed by atoms with van der Waals surface area (Å²) in [4.78, 5) is 0. The smallest absolute Gasteiger partial charge is 0.233 e. The van der Waals surface area contributed by atoms with Crippen molar-refractivity contribution in [2.24, 2.45) is 5.92 Å². The molecule has 22 heavy (non-hydrogen) atoms. The van der Waals surface area contributed by atoms with Gasteiger partial charge in [-0.25, -0.2) is 0 Å². The molecule has 0 amide bonds. The molecule has 1 aromatic heterocycles. The fourth-order valence-corrected chi connectivity index (χ4v) is 3.39. The molecule has 0 spiro atoms. The van der Waals surface area contributed by atoms with Crippen molar-refractivity contribution in [3.8, 4) is 5.88 Å². The number of rotatable bonds is 9. The molecule has 1 aromatic rings. The summed E-state index contributed by atoms with van der Waals surface area (Å²) in [6, 6.07) is 4.12. The highest BCUT2D eigenvalue weighted by Crippen LogP contribution is 2.36. The third-order valence-corrected chi connectivity index (χ3v) is 4.89. The Hall–Kier alpha value is -1.12. The zero-order chi connectivity index (χ0) is 15.6. The predicted octanol–water partition coefficient (Wildman–Crippen LogP) is 5.51. The summed E-state index contributed by atoms with van der Waals surface area (Å²) in [5.74, 6) is 2.24. The first-order chi connectivity index (χ1) is 10.8. The van der Waals surface area contributed by atoms with Crippen LogP contribution < -0.4 is 4.74 Å². The van der Waals surface area contributed by atoms with E-state index in [0.717, 1.165) is 24.6 Å². The molecule has 0 atom stereocenters. The van der Waals surface area contributed by atoms with Gasteiger partial charge in [-0.3, -0.25) is 0 Å². The van der Waals surface area contributed by atoms with E-state index in [1.54, 1.807) is 0 Å². The van der Waals surface area contributed by atoms with Crippen molar-refractivity contribution in [2.45, 2.75) is 84.0 Å². The molecule has 0 aliphatic heterocycles. The number of hydrogen-bond acceptors (Lipinski definition) is 3. The minimum atomic E-state index is 0.611. The Morgan fingerprint density at radius 1 is 0.955 bits per heavy atom.